The quantitative estimate of drug-likeness (QED) is 0.721. The van der Waals surface area contributed by atoms with Crippen LogP contribution in [0.1, 0.15) is 24.1 Å². The average molecular weight is 457 g/mol. The van der Waals surface area contributed by atoms with Crippen LogP contribution >= 0.6 is 11.6 Å². The molecule has 0 radical (unpaired) electrons. The number of nitrogens with one attached hydrogen (secondary N) is 1. The number of carbonyl (C=O) groups excluding carboxylic acids is 1. The Balaban J connectivity index is 1.16. The highest BCUT2D eigenvalue weighted by atomic mass is 35.5. The number of carbonyl (C=O) groups is 1. The lowest BCUT2D eigenvalue weighted by molar-refractivity contribution is -0.125. The molecule has 8 heteroatoms. The molecule has 0 atom stereocenters. The topological polar surface area (TPSA) is 64.6 Å². The molecule has 4 rings (SSSR count). The van der Waals surface area contributed by atoms with Crippen molar-refractivity contribution in [3.63, 3.8) is 0 Å². The second-order valence-corrected chi connectivity index (χ2v) is 9.25. The number of aryl methyl sites for hydroxylation is 2. The Morgan fingerprint density at radius 1 is 1.06 bits per heavy atom. The van der Waals surface area contributed by atoms with Crippen molar-refractivity contribution in [2.75, 3.05) is 62.2 Å². The summed E-state index contributed by atoms with van der Waals surface area (Å²) in [5.74, 6) is 1.04. The zero-order valence-corrected chi connectivity index (χ0v) is 19.8. The molecule has 2 aliphatic rings. The van der Waals surface area contributed by atoms with Crippen LogP contribution in [0.4, 0.5) is 11.6 Å². The van der Waals surface area contributed by atoms with E-state index in [4.69, 9.17) is 11.6 Å². The summed E-state index contributed by atoms with van der Waals surface area (Å²) in [4.78, 5) is 28.5. The highest BCUT2D eigenvalue weighted by Gasteiger charge is 2.26. The number of halogens is 1. The Bertz CT molecular complexity index is 922. The molecule has 0 aliphatic carbocycles. The van der Waals surface area contributed by atoms with E-state index in [2.05, 4.69) is 49.0 Å². The number of benzene rings is 1. The Labute approximate surface area is 195 Å². The van der Waals surface area contributed by atoms with Crippen LogP contribution < -0.4 is 15.1 Å². The molecule has 0 bridgehead atoms. The van der Waals surface area contributed by atoms with Gasteiger partial charge >= 0.3 is 0 Å². The number of amides is 1. The summed E-state index contributed by atoms with van der Waals surface area (Å²) < 4.78 is 0. The minimum absolute atomic E-state index is 0.0821. The van der Waals surface area contributed by atoms with Crippen LogP contribution in [0.15, 0.2) is 30.5 Å². The van der Waals surface area contributed by atoms with Crippen molar-refractivity contribution < 1.29 is 4.79 Å². The van der Waals surface area contributed by atoms with Crippen molar-refractivity contribution in [3.8, 4) is 0 Å². The molecule has 2 aromatic rings. The van der Waals surface area contributed by atoms with Gasteiger partial charge in [-0.15, -0.1) is 0 Å². The molecule has 1 aromatic heterocycles. The first-order valence-corrected chi connectivity index (χ1v) is 11.9. The van der Waals surface area contributed by atoms with E-state index in [-0.39, 0.29) is 11.8 Å². The molecule has 3 heterocycles. The zero-order valence-electron chi connectivity index (χ0n) is 19.1. The van der Waals surface area contributed by atoms with E-state index in [1.807, 2.05) is 19.1 Å². The van der Waals surface area contributed by atoms with Crippen LogP contribution in [0.25, 0.3) is 0 Å². The maximum absolute atomic E-state index is 12.6. The summed E-state index contributed by atoms with van der Waals surface area (Å²) in [7, 11) is 0. The zero-order chi connectivity index (χ0) is 22.5. The first-order valence-electron chi connectivity index (χ1n) is 11.6. The number of piperidine rings is 1. The van der Waals surface area contributed by atoms with Gasteiger partial charge < -0.3 is 15.1 Å². The summed E-state index contributed by atoms with van der Waals surface area (Å²) >= 11 is 6.19. The van der Waals surface area contributed by atoms with Gasteiger partial charge in [0.1, 0.15) is 0 Å². The van der Waals surface area contributed by atoms with Gasteiger partial charge in [0.15, 0.2) is 0 Å². The molecular weight excluding hydrogens is 424 g/mol. The molecule has 1 N–H and O–H groups in total. The molecule has 2 fully saturated rings. The standard InChI is InChI=1S/C24H33ClN6O/c1-18-3-4-21(25)17-22(18)30-15-13-29(14-16-30)12-9-26-23(32)20-6-10-31(11-7-20)24-27-8-5-19(2)28-24/h3-5,8,17,20H,6-7,9-16H2,1-2H3,(H,26,32). The molecule has 2 saturated heterocycles. The van der Waals surface area contributed by atoms with Gasteiger partial charge in [-0.1, -0.05) is 17.7 Å². The van der Waals surface area contributed by atoms with Crippen LogP contribution in [0.2, 0.25) is 5.02 Å². The summed E-state index contributed by atoms with van der Waals surface area (Å²) in [5, 5.41) is 3.95. The summed E-state index contributed by atoms with van der Waals surface area (Å²) in [6, 6.07) is 7.99. The first kappa shape index (κ1) is 22.8. The minimum atomic E-state index is 0.0821. The normalized spacial score (nSPS) is 18.1. The second-order valence-electron chi connectivity index (χ2n) is 8.81. The van der Waals surface area contributed by atoms with E-state index >= 15 is 0 Å². The third-order valence-corrected chi connectivity index (χ3v) is 6.78. The van der Waals surface area contributed by atoms with Crippen LogP contribution in [0, 0.1) is 19.8 Å². The molecule has 7 nitrogen and oxygen atoms in total. The van der Waals surface area contributed by atoms with Gasteiger partial charge in [0.25, 0.3) is 0 Å². The molecule has 0 saturated carbocycles. The van der Waals surface area contributed by atoms with Crippen LogP contribution in [-0.2, 0) is 4.79 Å². The fourth-order valence-corrected chi connectivity index (χ4v) is 4.71. The Hall–Kier alpha value is -2.38. The van der Waals surface area contributed by atoms with Gasteiger partial charge in [-0.2, -0.15) is 0 Å². The lowest BCUT2D eigenvalue weighted by atomic mass is 9.96. The minimum Gasteiger partial charge on any atom is -0.369 e. The lowest BCUT2D eigenvalue weighted by Gasteiger charge is -2.37. The van der Waals surface area contributed by atoms with Crippen molar-refractivity contribution in [2.45, 2.75) is 26.7 Å². The number of anilines is 2. The third-order valence-electron chi connectivity index (χ3n) is 6.54. The van der Waals surface area contributed by atoms with Crippen molar-refractivity contribution in [1.29, 1.82) is 0 Å². The van der Waals surface area contributed by atoms with Gasteiger partial charge in [-0.05, 0) is 50.5 Å². The highest BCUT2D eigenvalue weighted by Crippen LogP contribution is 2.25. The smallest absolute Gasteiger partial charge is 0.225 e. The van der Waals surface area contributed by atoms with Crippen molar-refractivity contribution in [2.24, 2.45) is 5.92 Å². The molecular formula is C24H33ClN6O. The van der Waals surface area contributed by atoms with Crippen molar-refractivity contribution in [1.82, 2.24) is 20.2 Å². The fraction of sp³-hybridized carbons (Fsp3) is 0.542. The van der Waals surface area contributed by atoms with Gasteiger partial charge in [0, 0.05) is 80.9 Å². The summed E-state index contributed by atoms with van der Waals surface area (Å²) in [6.07, 6.45) is 3.49. The Morgan fingerprint density at radius 2 is 1.81 bits per heavy atom. The Morgan fingerprint density at radius 3 is 2.53 bits per heavy atom. The van der Waals surface area contributed by atoms with Gasteiger partial charge in [0.2, 0.25) is 11.9 Å². The fourth-order valence-electron chi connectivity index (χ4n) is 4.55. The second kappa shape index (κ2) is 10.5. The van der Waals surface area contributed by atoms with E-state index < -0.39 is 0 Å². The number of aromatic nitrogens is 2. The predicted molar refractivity (Wildman–Crippen MR) is 130 cm³/mol. The van der Waals surface area contributed by atoms with E-state index in [1.54, 1.807) is 6.20 Å². The monoisotopic (exact) mass is 456 g/mol. The largest absolute Gasteiger partial charge is 0.369 e. The number of piperazine rings is 1. The molecule has 1 aromatic carbocycles. The maximum atomic E-state index is 12.6. The van der Waals surface area contributed by atoms with Gasteiger partial charge in [0.05, 0.1) is 0 Å². The molecule has 0 spiro atoms. The maximum Gasteiger partial charge on any atom is 0.225 e. The van der Waals surface area contributed by atoms with Gasteiger partial charge in [-0.3, -0.25) is 9.69 Å². The molecule has 1 amide bonds. The first-order chi connectivity index (χ1) is 15.5. The SMILES string of the molecule is Cc1ccnc(N2CCC(C(=O)NCCN3CCN(c4cc(Cl)ccc4C)CC3)CC2)n1. The number of hydrogen-bond acceptors (Lipinski definition) is 6. The molecule has 32 heavy (non-hydrogen) atoms. The Kier molecular flexibility index (Phi) is 7.48. The van der Waals surface area contributed by atoms with E-state index in [9.17, 15) is 4.79 Å². The number of hydrogen-bond donors (Lipinski definition) is 1. The van der Waals surface area contributed by atoms with E-state index in [1.165, 1.54) is 11.3 Å². The molecule has 0 unspecified atom stereocenters. The van der Waals surface area contributed by atoms with Crippen LogP contribution in [-0.4, -0.2) is 73.1 Å². The van der Waals surface area contributed by atoms with Crippen molar-refractivity contribution in [3.05, 3.63) is 46.7 Å². The van der Waals surface area contributed by atoms with E-state index in [0.29, 0.717) is 6.54 Å². The highest BCUT2D eigenvalue weighted by molar-refractivity contribution is 6.30. The average Bonchev–Trinajstić information content (AvgIpc) is 2.81. The van der Waals surface area contributed by atoms with Crippen molar-refractivity contribution >= 4 is 29.1 Å². The van der Waals surface area contributed by atoms with Crippen LogP contribution in [0.3, 0.4) is 0 Å². The number of nitrogens with zero attached hydrogens (tertiary/aromatic N) is 5. The van der Waals surface area contributed by atoms with E-state index in [0.717, 1.165) is 75.3 Å². The van der Waals surface area contributed by atoms with Gasteiger partial charge in [-0.25, -0.2) is 9.97 Å². The summed E-state index contributed by atoms with van der Waals surface area (Å²) in [5.41, 5.74) is 3.46. The third kappa shape index (κ3) is 5.70. The van der Waals surface area contributed by atoms with Crippen LogP contribution in [0.5, 0.6) is 0 Å². The molecule has 172 valence electrons. The summed E-state index contributed by atoms with van der Waals surface area (Å²) in [6.45, 7) is 11.3. The molecule has 2 aliphatic heterocycles. The number of rotatable bonds is 6. The predicted octanol–water partition coefficient (Wildman–Crippen LogP) is 2.90. The lowest BCUT2D eigenvalue weighted by Crippen LogP contribution is -2.49.